The van der Waals surface area contributed by atoms with Gasteiger partial charge in [-0.1, -0.05) is 78.9 Å². The van der Waals surface area contributed by atoms with Gasteiger partial charge >= 0.3 is 0 Å². The van der Waals surface area contributed by atoms with Crippen LogP contribution in [0, 0.1) is 0 Å². The largest absolute Gasteiger partial charge is 0.354 e. The highest BCUT2D eigenvalue weighted by molar-refractivity contribution is 6.20. The van der Waals surface area contributed by atoms with Crippen molar-refractivity contribution in [3.05, 3.63) is 176 Å². The molecule has 4 nitrogen and oxygen atoms in total. The first-order valence-corrected chi connectivity index (χ1v) is 17.1. The van der Waals surface area contributed by atoms with Gasteiger partial charge in [-0.3, -0.25) is 0 Å². The molecule has 1 N–H and O–H groups in total. The Kier molecular flexibility index (Phi) is 5.63. The normalized spacial score (nSPS) is 12.0. The van der Waals surface area contributed by atoms with Gasteiger partial charge in [0.15, 0.2) is 0 Å². The topological polar surface area (TPSA) is 30.6 Å². The van der Waals surface area contributed by atoms with E-state index < -0.39 is 0 Å². The summed E-state index contributed by atoms with van der Waals surface area (Å²) < 4.78 is 6.98. The van der Waals surface area contributed by atoms with Gasteiger partial charge in [0.1, 0.15) is 0 Å². The van der Waals surface area contributed by atoms with Crippen LogP contribution in [0.25, 0.3) is 93.6 Å². The van der Waals surface area contributed by atoms with Gasteiger partial charge in [-0.05, 0) is 96.1 Å². The maximum absolute atomic E-state index is 3.75. The second-order valence-electron chi connectivity index (χ2n) is 13.1. The van der Waals surface area contributed by atoms with E-state index in [1.54, 1.807) is 0 Å². The van der Waals surface area contributed by atoms with Crippen molar-refractivity contribution in [3.63, 3.8) is 0 Å². The highest BCUT2D eigenvalue weighted by Crippen LogP contribution is 2.40. The Morgan fingerprint density at radius 2 is 0.900 bits per heavy atom. The van der Waals surface area contributed by atoms with Crippen LogP contribution in [-0.2, 0) is 0 Å². The predicted molar refractivity (Wildman–Crippen MR) is 209 cm³/mol. The lowest BCUT2D eigenvalue weighted by Crippen LogP contribution is -1.94. The fraction of sp³-hybridized carbons (Fsp3) is 0. The molecule has 0 amide bonds. The van der Waals surface area contributed by atoms with Crippen molar-refractivity contribution < 1.29 is 0 Å². The van der Waals surface area contributed by atoms with Crippen LogP contribution in [0.1, 0.15) is 0 Å². The van der Waals surface area contributed by atoms with Crippen molar-refractivity contribution in [2.75, 3.05) is 0 Å². The molecule has 0 aliphatic rings. The Morgan fingerprint density at radius 1 is 0.360 bits per heavy atom. The maximum Gasteiger partial charge on any atom is 0.0635 e. The summed E-state index contributed by atoms with van der Waals surface area (Å²) in [4.78, 5) is 3.75. The number of aromatic amines is 1. The molecular formula is C46H30N4. The Bertz CT molecular complexity index is 3070. The molecule has 0 aliphatic carbocycles. The summed E-state index contributed by atoms with van der Waals surface area (Å²) in [6, 6.07) is 59.2. The van der Waals surface area contributed by atoms with Crippen LogP contribution in [0.3, 0.4) is 0 Å². The number of fused-ring (bicyclic) bond motifs is 10. The lowest BCUT2D eigenvalue weighted by Gasteiger charge is -2.10. The number of H-pyrrole nitrogens is 1. The van der Waals surface area contributed by atoms with Gasteiger partial charge in [0, 0.05) is 67.3 Å². The minimum atomic E-state index is 1.15. The highest BCUT2D eigenvalue weighted by Gasteiger charge is 2.18. The number of hydrogen-bond donors (Lipinski definition) is 1. The predicted octanol–water partition coefficient (Wildman–Crippen LogP) is 12.0. The fourth-order valence-corrected chi connectivity index (χ4v) is 8.15. The molecule has 0 bridgehead atoms. The maximum atomic E-state index is 3.75. The molecule has 4 heterocycles. The molecule has 11 aromatic rings. The zero-order valence-electron chi connectivity index (χ0n) is 27.1. The molecule has 0 spiro atoms. The molecule has 7 aromatic carbocycles. The molecular weight excluding hydrogens is 609 g/mol. The van der Waals surface area contributed by atoms with Crippen LogP contribution >= 0.6 is 0 Å². The molecule has 0 saturated carbocycles. The Labute approximate surface area is 287 Å². The SMILES string of the molecule is c1ccc(-n2ccc3c4[nH]c5ccc(-c6ccc7c(c6)c6ccc8c(ccn8-c8ccccc8)c6n7-c6ccccc6)cc5c4ccc32)cc1. The van der Waals surface area contributed by atoms with Gasteiger partial charge < -0.3 is 18.7 Å². The fourth-order valence-electron chi connectivity index (χ4n) is 8.15. The number of hydrogen-bond acceptors (Lipinski definition) is 0. The van der Waals surface area contributed by atoms with Crippen molar-refractivity contribution in [3.8, 4) is 28.2 Å². The van der Waals surface area contributed by atoms with E-state index in [-0.39, 0.29) is 0 Å². The summed E-state index contributed by atoms with van der Waals surface area (Å²) in [5, 5.41) is 7.45. The molecule has 11 rings (SSSR count). The van der Waals surface area contributed by atoms with E-state index in [1.807, 2.05) is 0 Å². The molecule has 0 atom stereocenters. The minimum Gasteiger partial charge on any atom is -0.354 e. The van der Waals surface area contributed by atoms with Gasteiger partial charge in [0.2, 0.25) is 0 Å². The minimum absolute atomic E-state index is 1.15. The lowest BCUT2D eigenvalue weighted by atomic mass is 10.00. The van der Waals surface area contributed by atoms with Crippen LogP contribution in [0.5, 0.6) is 0 Å². The second kappa shape index (κ2) is 10.4. The number of benzene rings is 7. The smallest absolute Gasteiger partial charge is 0.0635 e. The van der Waals surface area contributed by atoms with E-state index in [0.29, 0.717) is 0 Å². The number of nitrogens with one attached hydrogen (secondary N) is 1. The Balaban J connectivity index is 1.10. The first-order chi connectivity index (χ1) is 24.8. The molecule has 4 heteroatoms. The van der Waals surface area contributed by atoms with E-state index in [9.17, 15) is 0 Å². The molecule has 0 saturated heterocycles. The highest BCUT2D eigenvalue weighted by atomic mass is 15.0. The molecule has 0 aliphatic heterocycles. The molecule has 0 radical (unpaired) electrons. The number of rotatable bonds is 4. The quantitative estimate of drug-likeness (QED) is 0.199. The van der Waals surface area contributed by atoms with Crippen LogP contribution < -0.4 is 0 Å². The van der Waals surface area contributed by atoms with E-state index in [0.717, 1.165) is 16.9 Å². The second-order valence-corrected chi connectivity index (χ2v) is 13.1. The van der Waals surface area contributed by atoms with Gasteiger partial charge in [-0.25, -0.2) is 0 Å². The van der Waals surface area contributed by atoms with Gasteiger partial charge in [0.25, 0.3) is 0 Å². The van der Waals surface area contributed by atoms with Crippen molar-refractivity contribution in [1.82, 2.24) is 18.7 Å². The first kappa shape index (κ1) is 27.2. The molecule has 234 valence electrons. The lowest BCUT2D eigenvalue weighted by molar-refractivity contribution is 1.13. The third-order valence-electron chi connectivity index (χ3n) is 10.5. The third-order valence-corrected chi connectivity index (χ3v) is 10.5. The van der Waals surface area contributed by atoms with E-state index >= 15 is 0 Å². The average Bonchev–Trinajstić information content (AvgIpc) is 3.97. The summed E-state index contributed by atoms with van der Waals surface area (Å²) in [6.45, 7) is 0. The van der Waals surface area contributed by atoms with Crippen LogP contribution in [0.15, 0.2) is 176 Å². The van der Waals surface area contributed by atoms with Crippen molar-refractivity contribution in [1.29, 1.82) is 0 Å². The van der Waals surface area contributed by atoms with Gasteiger partial charge in [-0.2, -0.15) is 0 Å². The Hall–Kier alpha value is -6.78. The molecule has 0 unspecified atom stereocenters. The van der Waals surface area contributed by atoms with Crippen molar-refractivity contribution in [2.45, 2.75) is 0 Å². The molecule has 0 fully saturated rings. The standard InChI is InChI=1S/C46H30N4/c1-4-10-32(11-5-1)48-26-24-37-42(48)22-18-35-39-28-30(16-20-41(39)47-45(35)37)31-17-21-44-40(29-31)36-19-23-43-38(25-27-49(43)33-12-6-2-7-13-33)46(36)50(44)34-14-8-3-9-15-34/h1-29,47H. The summed E-state index contributed by atoms with van der Waals surface area (Å²) in [6.07, 6.45) is 4.36. The summed E-state index contributed by atoms with van der Waals surface area (Å²) in [5.74, 6) is 0. The summed E-state index contributed by atoms with van der Waals surface area (Å²) in [7, 11) is 0. The van der Waals surface area contributed by atoms with Crippen molar-refractivity contribution in [2.24, 2.45) is 0 Å². The monoisotopic (exact) mass is 638 g/mol. The average molecular weight is 639 g/mol. The zero-order valence-corrected chi connectivity index (χ0v) is 27.1. The van der Waals surface area contributed by atoms with Crippen LogP contribution in [0.2, 0.25) is 0 Å². The molecule has 50 heavy (non-hydrogen) atoms. The van der Waals surface area contributed by atoms with Crippen LogP contribution in [-0.4, -0.2) is 18.7 Å². The zero-order chi connectivity index (χ0) is 32.8. The molecule has 4 aromatic heterocycles. The summed E-state index contributed by atoms with van der Waals surface area (Å²) >= 11 is 0. The van der Waals surface area contributed by atoms with E-state index in [1.165, 1.54) is 76.7 Å². The van der Waals surface area contributed by atoms with Gasteiger partial charge in [0.05, 0.1) is 27.6 Å². The summed E-state index contributed by atoms with van der Waals surface area (Å²) in [5.41, 5.74) is 13.1. The van der Waals surface area contributed by atoms with Gasteiger partial charge in [-0.15, -0.1) is 0 Å². The number of aromatic nitrogens is 4. The third kappa shape index (κ3) is 3.87. The van der Waals surface area contributed by atoms with Crippen molar-refractivity contribution >= 4 is 65.4 Å². The van der Waals surface area contributed by atoms with E-state index in [2.05, 4.69) is 195 Å². The van der Waals surface area contributed by atoms with Crippen LogP contribution in [0.4, 0.5) is 0 Å². The Morgan fingerprint density at radius 3 is 1.58 bits per heavy atom. The first-order valence-electron chi connectivity index (χ1n) is 17.1. The number of nitrogens with zero attached hydrogens (tertiary/aromatic N) is 3. The van der Waals surface area contributed by atoms with E-state index in [4.69, 9.17) is 0 Å². The number of para-hydroxylation sites is 3.